The lowest BCUT2D eigenvalue weighted by atomic mass is 10.1. The number of hydrazine groups is 1. The van der Waals surface area contributed by atoms with Gasteiger partial charge in [-0.2, -0.15) is 0 Å². The van der Waals surface area contributed by atoms with Crippen molar-refractivity contribution in [1.29, 1.82) is 0 Å². The van der Waals surface area contributed by atoms with Gasteiger partial charge in [-0.05, 0) is 25.0 Å². The summed E-state index contributed by atoms with van der Waals surface area (Å²) in [5.74, 6) is 5.50. The minimum atomic E-state index is -0.179. The van der Waals surface area contributed by atoms with Crippen LogP contribution in [0, 0.1) is 0 Å². The van der Waals surface area contributed by atoms with E-state index in [9.17, 15) is 4.79 Å². The molecule has 6 heteroatoms. The summed E-state index contributed by atoms with van der Waals surface area (Å²) >= 11 is 0. The van der Waals surface area contributed by atoms with E-state index in [-0.39, 0.29) is 11.9 Å². The molecule has 1 unspecified atom stereocenters. The summed E-state index contributed by atoms with van der Waals surface area (Å²) in [5, 5.41) is 2.91. The Labute approximate surface area is 99.5 Å². The maximum Gasteiger partial charge on any atom is 0.255 e. The molecule has 1 aliphatic rings. The number of nitrogens with two attached hydrogens (primary N) is 1. The van der Waals surface area contributed by atoms with E-state index in [0.29, 0.717) is 18.0 Å². The van der Waals surface area contributed by atoms with Crippen LogP contribution in [0.15, 0.2) is 18.3 Å². The molecule has 0 aromatic carbocycles. The summed E-state index contributed by atoms with van der Waals surface area (Å²) in [6, 6.07) is 3.45. The van der Waals surface area contributed by atoms with Crippen molar-refractivity contribution in [2.24, 2.45) is 5.84 Å². The van der Waals surface area contributed by atoms with Gasteiger partial charge in [0.25, 0.3) is 5.91 Å². The fraction of sp³-hybridized carbons (Fsp3) is 0.455. The van der Waals surface area contributed by atoms with E-state index in [0.717, 1.165) is 19.4 Å². The minimum Gasteiger partial charge on any atom is -0.379 e. The number of hydrogen-bond donors (Lipinski definition) is 3. The molecule has 4 N–H and O–H groups in total. The molecule has 17 heavy (non-hydrogen) atoms. The van der Waals surface area contributed by atoms with E-state index in [2.05, 4.69) is 15.7 Å². The largest absolute Gasteiger partial charge is 0.379 e. The number of ether oxygens (including phenoxy) is 1. The van der Waals surface area contributed by atoms with E-state index in [1.165, 1.54) is 0 Å². The molecule has 1 aliphatic heterocycles. The van der Waals surface area contributed by atoms with E-state index >= 15 is 0 Å². The van der Waals surface area contributed by atoms with Crippen LogP contribution < -0.4 is 16.6 Å². The van der Waals surface area contributed by atoms with Crippen LogP contribution in [-0.2, 0) is 4.74 Å². The first-order valence-electron chi connectivity index (χ1n) is 5.61. The Bertz CT molecular complexity index is 391. The molecule has 1 aromatic rings. The highest BCUT2D eigenvalue weighted by atomic mass is 16.5. The van der Waals surface area contributed by atoms with Crippen LogP contribution in [0.2, 0.25) is 0 Å². The number of nitrogens with zero attached hydrogens (tertiary/aromatic N) is 1. The van der Waals surface area contributed by atoms with Crippen molar-refractivity contribution in [1.82, 2.24) is 10.3 Å². The van der Waals surface area contributed by atoms with Crippen molar-refractivity contribution in [3.63, 3.8) is 0 Å². The van der Waals surface area contributed by atoms with Crippen molar-refractivity contribution < 1.29 is 9.53 Å². The van der Waals surface area contributed by atoms with Gasteiger partial charge in [0.15, 0.2) is 5.82 Å². The van der Waals surface area contributed by atoms with Crippen LogP contribution in [0.3, 0.4) is 0 Å². The average Bonchev–Trinajstić information content (AvgIpc) is 2.40. The van der Waals surface area contributed by atoms with Gasteiger partial charge in [-0.15, -0.1) is 0 Å². The number of amides is 1. The third-order valence-corrected chi connectivity index (χ3v) is 2.68. The lowest BCUT2D eigenvalue weighted by Gasteiger charge is -2.23. The number of nitrogen functional groups attached to an aromatic ring is 1. The van der Waals surface area contributed by atoms with Crippen molar-refractivity contribution in [2.45, 2.75) is 18.9 Å². The Morgan fingerprint density at radius 3 is 3.18 bits per heavy atom. The lowest BCUT2D eigenvalue weighted by Crippen LogP contribution is -2.41. The summed E-state index contributed by atoms with van der Waals surface area (Å²) in [5.41, 5.74) is 2.86. The van der Waals surface area contributed by atoms with Gasteiger partial charge in [-0.25, -0.2) is 10.8 Å². The molecule has 0 spiro atoms. The summed E-state index contributed by atoms with van der Waals surface area (Å²) in [6.45, 7) is 1.34. The number of anilines is 1. The van der Waals surface area contributed by atoms with Gasteiger partial charge in [0.05, 0.1) is 18.2 Å². The predicted octanol–water partition coefficient (Wildman–Crippen LogP) is 0.276. The van der Waals surface area contributed by atoms with Crippen LogP contribution >= 0.6 is 0 Å². The van der Waals surface area contributed by atoms with Gasteiger partial charge in [-0.3, -0.25) is 4.79 Å². The number of carbonyl (C=O) groups excluding carboxylic acids is 1. The number of aromatic nitrogens is 1. The molecule has 2 heterocycles. The second-order valence-electron chi connectivity index (χ2n) is 3.93. The SMILES string of the molecule is NNc1ncccc1C(=O)NC1CCCOC1. The van der Waals surface area contributed by atoms with E-state index in [1.54, 1.807) is 18.3 Å². The lowest BCUT2D eigenvalue weighted by molar-refractivity contribution is 0.0624. The zero-order valence-corrected chi connectivity index (χ0v) is 9.48. The summed E-state index contributed by atoms with van der Waals surface area (Å²) in [7, 11) is 0. The Kier molecular flexibility index (Phi) is 3.89. The van der Waals surface area contributed by atoms with Crippen LogP contribution in [0.25, 0.3) is 0 Å². The van der Waals surface area contributed by atoms with Crippen LogP contribution in [0.5, 0.6) is 0 Å². The Morgan fingerprint density at radius 2 is 2.47 bits per heavy atom. The average molecular weight is 236 g/mol. The molecular formula is C11H16N4O2. The molecule has 0 aliphatic carbocycles. The van der Waals surface area contributed by atoms with E-state index in [1.807, 2.05) is 0 Å². The summed E-state index contributed by atoms with van der Waals surface area (Å²) in [6.07, 6.45) is 3.49. The van der Waals surface area contributed by atoms with Crippen LogP contribution in [0.1, 0.15) is 23.2 Å². The van der Waals surface area contributed by atoms with Crippen LogP contribution in [-0.4, -0.2) is 30.1 Å². The van der Waals surface area contributed by atoms with Gasteiger partial charge in [0, 0.05) is 12.8 Å². The molecule has 1 aromatic heterocycles. The highest BCUT2D eigenvalue weighted by molar-refractivity contribution is 5.98. The first-order valence-corrected chi connectivity index (χ1v) is 5.61. The molecule has 1 amide bonds. The normalized spacial score (nSPS) is 19.7. The fourth-order valence-corrected chi connectivity index (χ4v) is 1.82. The molecule has 0 radical (unpaired) electrons. The maximum atomic E-state index is 12.0. The summed E-state index contributed by atoms with van der Waals surface area (Å²) in [4.78, 5) is 16.0. The van der Waals surface area contributed by atoms with Crippen molar-refractivity contribution in [2.75, 3.05) is 18.6 Å². The zero-order chi connectivity index (χ0) is 12.1. The predicted molar refractivity (Wildman–Crippen MR) is 63.4 cm³/mol. The van der Waals surface area contributed by atoms with Gasteiger partial charge in [-0.1, -0.05) is 0 Å². The molecule has 6 nitrogen and oxygen atoms in total. The van der Waals surface area contributed by atoms with Crippen LogP contribution in [0.4, 0.5) is 5.82 Å². The van der Waals surface area contributed by atoms with Gasteiger partial charge >= 0.3 is 0 Å². The fourth-order valence-electron chi connectivity index (χ4n) is 1.82. The third-order valence-electron chi connectivity index (χ3n) is 2.68. The van der Waals surface area contributed by atoms with Crippen molar-refractivity contribution >= 4 is 11.7 Å². The smallest absolute Gasteiger partial charge is 0.255 e. The number of rotatable bonds is 3. The van der Waals surface area contributed by atoms with E-state index < -0.39 is 0 Å². The van der Waals surface area contributed by atoms with Crippen molar-refractivity contribution in [3.8, 4) is 0 Å². The highest BCUT2D eigenvalue weighted by Gasteiger charge is 2.18. The minimum absolute atomic E-state index is 0.0714. The maximum absolute atomic E-state index is 12.0. The molecule has 1 atom stereocenters. The first-order chi connectivity index (χ1) is 8.31. The molecular weight excluding hydrogens is 220 g/mol. The second kappa shape index (κ2) is 5.60. The number of carbonyl (C=O) groups is 1. The van der Waals surface area contributed by atoms with Gasteiger partial charge < -0.3 is 15.5 Å². The topological polar surface area (TPSA) is 89.3 Å². The Balaban J connectivity index is 2.03. The molecule has 2 rings (SSSR count). The number of hydrogen-bond acceptors (Lipinski definition) is 5. The highest BCUT2D eigenvalue weighted by Crippen LogP contribution is 2.12. The monoisotopic (exact) mass is 236 g/mol. The number of pyridine rings is 1. The molecule has 1 fully saturated rings. The van der Waals surface area contributed by atoms with E-state index in [4.69, 9.17) is 10.6 Å². The van der Waals surface area contributed by atoms with Crippen molar-refractivity contribution in [3.05, 3.63) is 23.9 Å². The van der Waals surface area contributed by atoms with Gasteiger partial charge in [0.1, 0.15) is 0 Å². The molecule has 1 saturated heterocycles. The van der Waals surface area contributed by atoms with Gasteiger partial charge in [0.2, 0.25) is 0 Å². The summed E-state index contributed by atoms with van der Waals surface area (Å²) < 4.78 is 5.30. The Hall–Kier alpha value is -1.66. The molecule has 0 saturated carbocycles. The quantitative estimate of drug-likeness (QED) is 0.518. The number of nitrogens with one attached hydrogen (secondary N) is 2. The first kappa shape index (κ1) is 11.8. The molecule has 92 valence electrons. The Morgan fingerprint density at radius 1 is 1.59 bits per heavy atom. The second-order valence-corrected chi connectivity index (χ2v) is 3.93. The third kappa shape index (κ3) is 2.92. The standard InChI is InChI=1S/C11H16N4O2/c12-15-10-9(4-1-5-13-10)11(16)14-8-3-2-6-17-7-8/h1,4-5,8H,2-3,6-7,12H2,(H,13,15)(H,14,16). The molecule has 0 bridgehead atoms. The zero-order valence-electron chi connectivity index (χ0n) is 9.48.